The van der Waals surface area contributed by atoms with E-state index in [4.69, 9.17) is 9.47 Å². The van der Waals surface area contributed by atoms with Crippen LogP contribution in [-0.2, 0) is 17.8 Å². The van der Waals surface area contributed by atoms with Gasteiger partial charge in [-0.2, -0.15) is 0 Å². The predicted octanol–water partition coefficient (Wildman–Crippen LogP) is 3.41. The molecule has 2 fully saturated rings. The van der Waals surface area contributed by atoms with E-state index in [9.17, 15) is 4.79 Å². The Bertz CT molecular complexity index is 642. The quantitative estimate of drug-likeness (QED) is 0.850. The number of carbonyl (C=O) groups is 1. The average Bonchev–Trinajstić information content (AvgIpc) is 3.22. The summed E-state index contributed by atoms with van der Waals surface area (Å²) in [5, 5.41) is 0. The van der Waals surface area contributed by atoms with Gasteiger partial charge in [-0.25, -0.2) is 0 Å². The molecular weight excluding hydrogens is 302 g/mol. The zero-order valence-electron chi connectivity index (χ0n) is 14.7. The minimum atomic E-state index is 0.341. The highest BCUT2D eigenvalue weighted by Gasteiger charge is 2.40. The lowest BCUT2D eigenvalue weighted by Gasteiger charge is -2.31. The Kier molecular flexibility index (Phi) is 4.15. The number of hydrogen-bond donors (Lipinski definition) is 0. The molecule has 4 nitrogen and oxygen atoms in total. The Morgan fingerprint density at radius 3 is 2.50 bits per heavy atom. The number of fused-ring (bicyclic) bond motifs is 3. The van der Waals surface area contributed by atoms with E-state index in [0.29, 0.717) is 18.4 Å². The van der Waals surface area contributed by atoms with Crippen molar-refractivity contribution < 1.29 is 14.3 Å². The predicted molar refractivity (Wildman–Crippen MR) is 92.2 cm³/mol. The molecule has 0 aromatic heterocycles. The summed E-state index contributed by atoms with van der Waals surface area (Å²) in [6.07, 6.45) is 7.06. The van der Waals surface area contributed by atoms with Crippen molar-refractivity contribution in [2.24, 2.45) is 17.8 Å². The molecule has 1 aliphatic heterocycles. The number of benzene rings is 1. The van der Waals surface area contributed by atoms with E-state index in [1.807, 2.05) is 11.0 Å². The van der Waals surface area contributed by atoms with Crippen molar-refractivity contribution in [1.29, 1.82) is 0 Å². The van der Waals surface area contributed by atoms with Crippen molar-refractivity contribution in [3.05, 3.63) is 23.3 Å². The monoisotopic (exact) mass is 329 g/mol. The molecule has 2 bridgehead atoms. The van der Waals surface area contributed by atoms with Crippen LogP contribution in [0.1, 0.15) is 43.2 Å². The van der Waals surface area contributed by atoms with Crippen LogP contribution >= 0.6 is 0 Å². The Balaban J connectivity index is 1.44. The van der Waals surface area contributed by atoms with Crippen LogP contribution in [0.4, 0.5) is 0 Å². The molecule has 130 valence electrons. The van der Waals surface area contributed by atoms with Crippen molar-refractivity contribution in [3.8, 4) is 11.5 Å². The summed E-state index contributed by atoms with van der Waals surface area (Å²) in [4.78, 5) is 14.8. The van der Waals surface area contributed by atoms with Gasteiger partial charge in [-0.3, -0.25) is 4.79 Å². The molecular formula is C20H27NO3. The lowest BCUT2D eigenvalue weighted by Crippen LogP contribution is -2.37. The van der Waals surface area contributed by atoms with Gasteiger partial charge in [0.1, 0.15) is 0 Å². The number of ether oxygens (including phenoxy) is 2. The molecule has 3 aliphatic rings. The summed E-state index contributed by atoms with van der Waals surface area (Å²) >= 11 is 0. The highest BCUT2D eigenvalue weighted by atomic mass is 16.5. The Morgan fingerprint density at radius 1 is 1.12 bits per heavy atom. The van der Waals surface area contributed by atoms with Crippen molar-refractivity contribution in [2.45, 2.75) is 45.1 Å². The fourth-order valence-corrected chi connectivity index (χ4v) is 5.08. The highest BCUT2D eigenvalue weighted by Crippen LogP contribution is 2.49. The van der Waals surface area contributed by atoms with E-state index >= 15 is 0 Å². The van der Waals surface area contributed by atoms with Crippen LogP contribution < -0.4 is 9.47 Å². The first-order chi connectivity index (χ1) is 11.7. The Labute approximate surface area is 144 Å². The number of carbonyl (C=O) groups excluding carboxylic acids is 1. The van der Waals surface area contributed by atoms with Crippen molar-refractivity contribution in [2.75, 3.05) is 20.8 Å². The van der Waals surface area contributed by atoms with Gasteiger partial charge >= 0.3 is 0 Å². The first kappa shape index (κ1) is 15.8. The molecule has 2 aliphatic carbocycles. The van der Waals surface area contributed by atoms with E-state index < -0.39 is 0 Å². The topological polar surface area (TPSA) is 38.8 Å². The zero-order valence-corrected chi connectivity index (χ0v) is 14.7. The summed E-state index contributed by atoms with van der Waals surface area (Å²) in [6.45, 7) is 1.53. The first-order valence-electron chi connectivity index (χ1n) is 9.19. The number of amides is 1. The third-order valence-corrected chi connectivity index (χ3v) is 6.39. The maximum absolute atomic E-state index is 12.8. The van der Waals surface area contributed by atoms with Crippen LogP contribution in [-0.4, -0.2) is 31.6 Å². The first-order valence-corrected chi connectivity index (χ1v) is 9.19. The smallest absolute Gasteiger partial charge is 0.223 e. The molecule has 1 heterocycles. The number of hydrogen-bond acceptors (Lipinski definition) is 3. The van der Waals surface area contributed by atoms with E-state index in [0.717, 1.165) is 42.7 Å². The number of rotatable bonds is 4. The minimum absolute atomic E-state index is 0.341. The summed E-state index contributed by atoms with van der Waals surface area (Å²) in [5.41, 5.74) is 2.47. The third kappa shape index (κ3) is 2.76. The van der Waals surface area contributed by atoms with Gasteiger partial charge in [0, 0.05) is 19.5 Å². The summed E-state index contributed by atoms with van der Waals surface area (Å²) in [5.74, 6) is 4.24. The SMILES string of the molecule is COc1cc2c(cc1OC)CN(C(=O)CC1C[C@H]3CC[C@@H]1C3)CC2. The molecule has 4 heteroatoms. The second kappa shape index (κ2) is 6.30. The molecule has 4 rings (SSSR count). The molecule has 1 unspecified atom stereocenters. The molecule has 1 amide bonds. The summed E-state index contributed by atoms with van der Waals surface area (Å²) in [6, 6.07) is 4.09. The van der Waals surface area contributed by atoms with Crippen molar-refractivity contribution >= 4 is 5.91 Å². The molecule has 3 atom stereocenters. The molecule has 0 radical (unpaired) electrons. The van der Waals surface area contributed by atoms with Gasteiger partial charge in [-0.05, 0) is 66.7 Å². The normalized spacial score (nSPS) is 27.9. The second-order valence-electron chi connectivity index (χ2n) is 7.68. The number of methoxy groups -OCH3 is 2. The highest BCUT2D eigenvalue weighted by molar-refractivity contribution is 5.77. The molecule has 1 aromatic carbocycles. The molecule has 24 heavy (non-hydrogen) atoms. The van der Waals surface area contributed by atoms with Crippen LogP contribution in [0.3, 0.4) is 0 Å². The molecule has 0 N–H and O–H groups in total. The maximum atomic E-state index is 12.8. The molecule has 0 spiro atoms. The van der Waals surface area contributed by atoms with Crippen LogP contribution in [0.5, 0.6) is 11.5 Å². The van der Waals surface area contributed by atoms with E-state index in [-0.39, 0.29) is 0 Å². The van der Waals surface area contributed by atoms with Crippen molar-refractivity contribution in [3.63, 3.8) is 0 Å². The molecule has 1 aromatic rings. The van der Waals surface area contributed by atoms with Gasteiger partial charge in [-0.1, -0.05) is 6.42 Å². The van der Waals surface area contributed by atoms with Crippen molar-refractivity contribution in [1.82, 2.24) is 4.90 Å². The number of nitrogens with zero attached hydrogens (tertiary/aromatic N) is 1. The Hall–Kier alpha value is -1.71. The largest absolute Gasteiger partial charge is 0.493 e. The van der Waals surface area contributed by atoms with E-state index in [1.165, 1.54) is 36.8 Å². The fraction of sp³-hybridized carbons (Fsp3) is 0.650. The Morgan fingerprint density at radius 2 is 1.88 bits per heavy atom. The van der Waals surface area contributed by atoms with Gasteiger partial charge in [-0.15, -0.1) is 0 Å². The van der Waals surface area contributed by atoms with Gasteiger partial charge in [0.05, 0.1) is 14.2 Å². The second-order valence-corrected chi connectivity index (χ2v) is 7.68. The summed E-state index contributed by atoms with van der Waals surface area (Å²) in [7, 11) is 3.32. The standard InChI is InChI=1S/C20H27NO3/c1-23-18-9-15-5-6-21(12-17(15)10-19(18)24-2)20(22)11-16-8-13-3-4-14(16)7-13/h9-10,13-14,16H,3-8,11-12H2,1-2H3/t13-,14+,16?/m0/s1. The maximum Gasteiger partial charge on any atom is 0.223 e. The van der Waals surface area contributed by atoms with Gasteiger partial charge < -0.3 is 14.4 Å². The van der Waals surface area contributed by atoms with Crippen LogP contribution in [0.25, 0.3) is 0 Å². The average molecular weight is 329 g/mol. The van der Waals surface area contributed by atoms with E-state index in [2.05, 4.69) is 6.07 Å². The zero-order chi connectivity index (χ0) is 16.7. The van der Waals surface area contributed by atoms with Crippen LogP contribution in [0, 0.1) is 17.8 Å². The summed E-state index contributed by atoms with van der Waals surface area (Å²) < 4.78 is 10.8. The van der Waals surface area contributed by atoms with Gasteiger partial charge in [0.25, 0.3) is 0 Å². The van der Waals surface area contributed by atoms with E-state index in [1.54, 1.807) is 14.2 Å². The third-order valence-electron chi connectivity index (χ3n) is 6.39. The molecule has 0 saturated heterocycles. The lowest BCUT2D eigenvalue weighted by atomic mass is 9.86. The van der Waals surface area contributed by atoms with Gasteiger partial charge in [0.2, 0.25) is 5.91 Å². The minimum Gasteiger partial charge on any atom is -0.493 e. The van der Waals surface area contributed by atoms with Gasteiger partial charge in [0.15, 0.2) is 11.5 Å². The van der Waals surface area contributed by atoms with Crippen LogP contribution in [0.2, 0.25) is 0 Å². The molecule has 2 saturated carbocycles. The lowest BCUT2D eigenvalue weighted by molar-refractivity contribution is -0.133. The van der Waals surface area contributed by atoms with Crippen LogP contribution in [0.15, 0.2) is 12.1 Å². The fourth-order valence-electron chi connectivity index (χ4n) is 5.08.